The van der Waals surface area contributed by atoms with Crippen LogP contribution in [0.1, 0.15) is 23.4 Å². The third-order valence-corrected chi connectivity index (χ3v) is 4.77. The van der Waals surface area contributed by atoms with Crippen LogP contribution in [-0.4, -0.2) is 0 Å². The van der Waals surface area contributed by atoms with Crippen molar-refractivity contribution in [2.45, 2.75) is 19.5 Å². The topological polar surface area (TPSA) is 12.0 Å². The zero-order chi connectivity index (χ0) is 14.0. The number of rotatable bonds is 4. The van der Waals surface area contributed by atoms with Gasteiger partial charge in [-0.1, -0.05) is 11.6 Å². The Morgan fingerprint density at radius 1 is 1.32 bits per heavy atom. The third kappa shape index (κ3) is 3.54. The molecule has 1 atom stereocenters. The Balaban J connectivity index is 2.09. The van der Waals surface area contributed by atoms with Crippen molar-refractivity contribution in [1.82, 2.24) is 5.32 Å². The summed E-state index contributed by atoms with van der Waals surface area (Å²) in [5.41, 5.74) is 0.0314. The molecule has 19 heavy (non-hydrogen) atoms. The van der Waals surface area contributed by atoms with Gasteiger partial charge in [-0.2, -0.15) is 0 Å². The van der Waals surface area contributed by atoms with Gasteiger partial charge in [0.25, 0.3) is 0 Å². The van der Waals surface area contributed by atoms with Crippen molar-refractivity contribution < 1.29 is 8.78 Å². The second kappa shape index (κ2) is 6.31. The summed E-state index contributed by atoms with van der Waals surface area (Å²) in [5.74, 6) is -1.12. The van der Waals surface area contributed by atoms with Crippen molar-refractivity contribution in [3.63, 3.8) is 0 Å². The van der Waals surface area contributed by atoms with Crippen LogP contribution in [-0.2, 0) is 6.54 Å². The monoisotopic (exact) mass is 365 g/mol. The van der Waals surface area contributed by atoms with E-state index in [4.69, 9.17) is 11.6 Å². The first-order valence-corrected chi connectivity index (χ1v) is 7.58. The molecule has 1 nitrogen and oxygen atoms in total. The van der Waals surface area contributed by atoms with E-state index in [1.165, 1.54) is 23.5 Å². The molecule has 0 spiro atoms. The van der Waals surface area contributed by atoms with Crippen molar-refractivity contribution in [2.75, 3.05) is 0 Å². The van der Waals surface area contributed by atoms with Crippen LogP contribution in [0.15, 0.2) is 28.7 Å². The largest absolute Gasteiger partial charge is 0.305 e. The molecule has 1 N–H and O–H groups in total. The summed E-state index contributed by atoms with van der Waals surface area (Å²) < 4.78 is 28.3. The fourth-order valence-corrected chi connectivity index (χ4v) is 3.11. The van der Waals surface area contributed by atoms with Gasteiger partial charge in [0.05, 0.1) is 8.81 Å². The summed E-state index contributed by atoms with van der Waals surface area (Å²) in [4.78, 5) is 1.03. The molecule has 0 amide bonds. The lowest BCUT2D eigenvalue weighted by Crippen LogP contribution is -2.19. The van der Waals surface area contributed by atoms with E-state index < -0.39 is 11.6 Å². The highest BCUT2D eigenvalue weighted by atomic mass is 79.9. The van der Waals surface area contributed by atoms with E-state index in [9.17, 15) is 8.78 Å². The Morgan fingerprint density at radius 3 is 2.68 bits per heavy atom. The van der Waals surface area contributed by atoms with E-state index in [1.807, 2.05) is 13.0 Å². The van der Waals surface area contributed by atoms with Gasteiger partial charge in [0.15, 0.2) is 0 Å². The van der Waals surface area contributed by atoms with Crippen LogP contribution in [0.2, 0.25) is 4.34 Å². The average molecular weight is 367 g/mol. The fraction of sp³-hybridized carbons (Fsp3) is 0.231. The number of hydrogen-bond donors (Lipinski definition) is 1. The maximum absolute atomic E-state index is 13.8. The van der Waals surface area contributed by atoms with Crippen LogP contribution in [0.25, 0.3) is 0 Å². The second-order valence-corrected chi connectivity index (χ2v) is 6.67. The molecule has 0 radical (unpaired) electrons. The predicted molar refractivity (Wildman–Crippen MR) is 78.6 cm³/mol. The first-order valence-electron chi connectivity index (χ1n) is 5.60. The summed E-state index contributed by atoms with van der Waals surface area (Å²) >= 11 is 10.4. The Labute approximate surface area is 127 Å². The van der Waals surface area contributed by atoms with Crippen molar-refractivity contribution in [3.8, 4) is 0 Å². The molecule has 0 saturated carbocycles. The minimum Gasteiger partial charge on any atom is -0.305 e. The first-order chi connectivity index (χ1) is 8.99. The van der Waals surface area contributed by atoms with Crippen LogP contribution in [0.3, 0.4) is 0 Å². The lowest BCUT2D eigenvalue weighted by molar-refractivity contribution is 0.509. The number of benzene rings is 1. The molecule has 0 fully saturated rings. The van der Waals surface area contributed by atoms with Crippen molar-refractivity contribution in [1.29, 1.82) is 0 Å². The van der Waals surface area contributed by atoms with E-state index >= 15 is 0 Å². The van der Waals surface area contributed by atoms with Gasteiger partial charge < -0.3 is 5.32 Å². The van der Waals surface area contributed by atoms with E-state index in [1.54, 1.807) is 6.07 Å². The molecule has 1 aromatic heterocycles. The molecular weight excluding hydrogens is 356 g/mol. The Hall–Kier alpha value is -0.490. The quantitative estimate of drug-likeness (QED) is 0.725. The maximum Gasteiger partial charge on any atom is 0.144 e. The number of hydrogen-bond acceptors (Lipinski definition) is 2. The zero-order valence-corrected chi connectivity index (χ0v) is 13.2. The molecule has 0 saturated heterocycles. The van der Waals surface area contributed by atoms with Crippen molar-refractivity contribution in [3.05, 3.63) is 55.1 Å². The van der Waals surface area contributed by atoms with Crippen LogP contribution >= 0.6 is 38.9 Å². The fourth-order valence-electron chi connectivity index (χ4n) is 1.65. The highest BCUT2D eigenvalue weighted by molar-refractivity contribution is 9.10. The predicted octanol–water partition coefficient (Wildman–Crippen LogP) is 5.29. The summed E-state index contributed by atoms with van der Waals surface area (Å²) in [7, 11) is 0. The van der Waals surface area contributed by atoms with Gasteiger partial charge in [-0.05, 0) is 47.1 Å². The normalized spacial score (nSPS) is 12.7. The Morgan fingerprint density at radius 2 is 2.05 bits per heavy atom. The van der Waals surface area contributed by atoms with Crippen LogP contribution in [0, 0.1) is 11.6 Å². The third-order valence-electron chi connectivity index (χ3n) is 2.74. The molecule has 2 rings (SSSR count). The van der Waals surface area contributed by atoms with Crippen LogP contribution in [0.4, 0.5) is 8.78 Å². The standard InChI is InChI=1S/C13H11BrClF2NS/c1-7(11-4-5-12(15)19-11)18-6-8-10(16)3-2-9(14)13(8)17/h2-5,7,18H,6H2,1H3. The van der Waals surface area contributed by atoms with Gasteiger partial charge >= 0.3 is 0 Å². The van der Waals surface area contributed by atoms with Crippen LogP contribution < -0.4 is 5.32 Å². The van der Waals surface area contributed by atoms with Crippen LogP contribution in [0.5, 0.6) is 0 Å². The molecular formula is C13H11BrClF2NS. The molecule has 102 valence electrons. The van der Waals surface area contributed by atoms with E-state index in [0.29, 0.717) is 4.34 Å². The molecule has 0 aliphatic rings. The van der Waals surface area contributed by atoms with Crippen molar-refractivity contribution >= 4 is 38.9 Å². The van der Waals surface area contributed by atoms with Gasteiger partial charge in [0.2, 0.25) is 0 Å². The molecule has 1 heterocycles. The molecule has 1 aromatic carbocycles. The summed E-state index contributed by atoms with van der Waals surface area (Å²) in [6.45, 7) is 2.05. The van der Waals surface area contributed by atoms with Gasteiger partial charge in [-0.15, -0.1) is 11.3 Å². The number of thiophene rings is 1. The molecule has 0 aliphatic carbocycles. The molecule has 6 heteroatoms. The summed E-state index contributed by atoms with van der Waals surface area (Å²) in [6, 6.07) is 6.29. The van der Waals surface area contributed by atoms with Gasteiger partial charge in [-0.3, -0.25) is 0 Å². The van der Waals surface area contributed by atoms with E-state index in [0.717, 1.165) is 4.88 Å². The molecule has 1 unspecified atom stereocenters. The van der Waals surface area contributed by atoms with Crippen molar-refractivity contribution in [2.24, 2.45) is 0 Å². The molecule has 0 bridgehead atoms. The Bertz CT molecular complexity index is 588. The molecule has 0 aliphatic heterocycles. The maximum atomic E-state index is 13.8. The lowest BCUT2D eigenvalue weighted by atomic mass is 10.2. The summed E-state index contributed by atoms with van der Waals surface area (Å²) in [6.07, 6.45) is 0. The van der Waals surface area contributed by atoms with Gasteiger partial charge in [0.1, 0.15) is 11.6 Å². The Kier molecular flexibility index (Phi) is 4.95. The molecule has 2 aromatic rings. The lowest BCUT2D eigenvalue weighted by Gasteiger charge is -2.13. The first kappa shape index (κ1) is 14.9. The number of nitrogens with one attached hydrogen (secondary N) is 1. The average Bonchev–Trinajstić information content (AvgIpc) is 2.80. The number of halogens is 4. The zero-order valence-electron chi connectivity index (χ0n) is 10.0. The van der Waals surface area contributed by atoms with Gasteiger partial charge in [-0.25, -0.2) is 8.78 Å². The minimum atomic E-state index is -0.566. The minimum absolute atomic E-state index is 0.0183. The van der Waals surface area contributed by atoms with Gasteiger partial charge in [0, 0.05) is 23.0 Å². The highest BCUT2D eigenvalue weighted by Crippen LogP contribution is 2.27. The summed E-state index contributed by atoms with van der Waals surface area (Å²) in [5, 5.41) is 3.09. The van der Waals surface area contributed by atoms with E-state index in [2.05, 4.69) is 21.2 Å². The second-order valence-electron chi connectivity index (χ2n) is 4.07. The highest BCUT2D eigenvalue weighted by Gasteiger charge is 2.14. The SMILES string of the molecule is CC(NCc1c(F)ccc(Br)c1F)c1ccc(Cl)s1. The van der Waals surface area contributed by atoms with E-state index in [-0.39, 0.29) is 22.6 Å². The smallest absolute Gasteiger partial charge is 0.144 e.